The molecule has 0 spiro atoms. The molecule has 0 aromatic heterocycles. The van der Waals surface area contributed by atoms with Gasteiger partial charge >= 0.3 is 17.9 Å². The lowest BCUT2D eigenvalue weighted by molar-refractivity contribution is -0.218. The second-order valence-electron chi connectivity index (χ2n) is 14.1. The molecule has 4 saturated carbocycles. The number of hydrogen-bond acceptors (Lipinski definition) is 6. The SMILES string of the molecule is CCC1CCC2C3CC(O)C4C(C)(C)C(OC(=O)c5ccc6c(c5)C(=O)OC6=O)CCC4(C)C3CCC12C. The van der Waals surface area contributed by atoms with Gasteiger partial charge in [-0.2, -0.15) is 0 Å². The van der Waals surface area contributed by atoms with Crippen molar-refractivity contribution < 1.29 is 29.0 Å². The van der Waals surface area contributed by atoms with E-state index in [1.54, 1.807) is 0 Å². The molecule has 1 aliphatic heterocycles. The molecule has 38 heavy (non-hydrogen) atoms. The van der Waals surface area contributed by atoms with Crippen LogP contribution in [0.1, 0.15) is 117 Å². The van der Waals surface area contributed by atoms with E-state index in [0.29, 0.717) is 23.2 Å². The minimum Gasteiger partial charge on any atom is -0.458 e. The van der Waals surface area contributed by atoms with Crippen LogP contribution in [0.15, 0.2) is 18.2 Å². The topological polar surface area (TPSA) is 89.9 Å². The lowest BCUT2D eigenvalue weighted by atomic mass is 9.40. The number of benzene rings is 1. The number of carbonyl (C=O) groups is 3. The van der Waals surface area contributed by atoms with Gasteiger partial charge in [0, 0.05) is 5.41 Å². The average molecular weight is 523 g/mol. The molecule has 4 fully saturated rings. The minimum absolute atomic E-state index is 0.0120. The van der Waals surface area contributed by atoms with E-state index in [1.165, 1.54) is 50.3 Å². The maximum Gasteiger partial charge on any atom is 0.346 e. The van der Waals surface area contributed by atoms with E-state index in [1.807, 2.05) is 0 Å². The highest BCUT2D eigenvalue weighted by molar-refractivity contribution is 6.15. The highest BCUT2D eigenvalue weighted by Gasteiger charge is 2.65. The Hall–Kier alpha value is -2.21. The minimum atomic E-state index is -0.732. The first-order chi connectivity index (χ1) is 17.9. The van der Waals surface area contributed by atoms with Crippen LogP contribution < -0.4 is 0 Å². The predicted molar refractivity (Wildman–Crippen MR) is 141 cm³/mol. The van der Waals surface area contributed by atoms with Crippen LogP contribution in [0.25, 0.3) is 0 Å². The molecule has 6 rings (SSSR count). The summed E-state index contributed by atoms with van der Waals surface area (Å²) in [6.07, 6.45) is 8.20. The highest BCUT2D eigenvalue weighted by Crippen LogP contribution is 2.70. The Morgan fingerprint density at radius 3 is 2.39 bits per heavy atom. The molecule has 206 valence electrons. The maximum absolute atomic E-state index is 13.2. The zero-order valence-electron chi connectivity index (χ0n) is 23.4. The Kier molecular flexibility index (Phi) is 5.92. The maximum atomic E-state index is 13.2. The summed E-state index contributed by atoms with van der Waals surface area (Å²) in [5, 5.41) is 11.8. The molecule has 9 unspecified atom stereocenters. The predicted octanol–water partition coefficient (Wildman–Crippen LogP) is 6.20. The number of rotatable bonds is 3. The van der Waals surface area contributed by atoms with Crippen LogP contribution in [0, 0.1) is 45.8 Å². The molecule has 5 aliphatic rings. The van der Waals surface area contributed by atoms with Crippen molar-refractivity contribution in [2.75, 3.05) is 0 Å². The summed E-state index contributed by atoms with van der Waals surface area (Å²) in [6, 6.07) is 4.37. The number of cyclic esters (lactones) is 2. The van der Waals surface area contributed by atoms with E-state index < -0.39 is 29.4 Å². The monoisotopic (exact) mass is 522 g/mol. The molecular weight excluding hydrogens is 480 g/mol. The molecule has 6 nitrogen and oxygen atoms in total. The normalized spacial score (nSPS) is 42.9. The number of esters is 3. The second kappa shape index (κ2) is 8.64. The van der Waals surface area contributed by atoms with Crippen LogP contribution in [0.5, 0.6) is 0 Å². The van der Waals surface area contributed by atoms with Crippen LogP contribution >= 0.6 is 0 Å². The molecule has 1 N–H and O–H groups in total. The molecule has 4 aliphatic carbocycles. The van der Waals surface area contributed by atoms with Crippen LogP contribution in [0.2, 0.25) is 0 Å². The first-order valence-electron chi connectivity index (χ1n) is 14.7. The summed E-state index contributed by atoms with van der Waals surface area (Å²) >= 11 is 0. The summed E-state index contributed by atoms with van der Waals surface area (Å²) in [5.74, 6) is 0.805. The van der Waals surface area contributed by atoms with Crippen molar-refractivity contribution in [2.45, 2.75) is 98.2 Å². The molecule has 0 amide bonds. The van der Waals surface area contributed by atoms with Crippen LogP contribution in [0.3, 0.4) is 0 Å². The van der Waals surface area contributed by atoms with Gasteiger partial charge in [-0.15, -0.1) is 0 Å². The number of hydrogen-bond donors (Lipinski definition) is 1. The number of aliphatic hydroxyl groups excluding tert-OH is 1. The molecule has 6 heteroatoms. The van der Waals surface area contributed by atoms with E-state index in [4.69, 9.17) is 4.74 Å². The fraction of sp³-hybridized carbons (Fsp3) is 0.719. The second-order valence-corrected chi connectivity index (χ2v) is 14.1. The van der Waals surface area contributed by atoms with E-state index in [-0.39, 0.29) is 34.1 Å². The third kappa shape index (κ3) is 3.51. The molecule has 0 saturated heterocycles. The lowest BCUT2D eigenvalue weighted by Crippen LogP contribution is -2.64. The summed E-state index contributed by atoms with van der Waals surface area (Å²) in [6.45, 7) is 11.6. The smallest absolute Gasteiger partial charge is 0.346 e. The number of ether oxygens (including phenoxy) is 2. The van der Waals surface area contributed by atoms with E-state index in [0.717, 1.165) is 25.2 Å². The Labute approximate surface area is 225 Å². The van der Waals surface area contributed by atoms with Crippen LogP contribution in [-0.4, -0.2) is 35.2 Å². The van der Waals surface area contributed by atoms with Crippen molar-refractivity contribution in [1.82, 2.24) is 0 Å². The summed E-state index contributed by atoms with van der Waals surface area (Å²) in [7, 11) is 0. The van der Waals surface area contributed by atoms with Crippen molar-refractivity contribution in [1.29, 1.82) is 0 Å². The first-order valence-corrected chi connectivity index (χ1v) is 14.7. The highest BCUT2D eigenvalue weighted by atomic mass is 16.6. The molecule has 1 aromatic rings. The number of carbonyl (C=O) groups excluding carboxylic acids is 3. The van der Waals surface area contributed by atoms with Gasteiger partial charge in [0.15, 0.2) is 0 Å². The van der Waals surface area contributed by atoms with Gasteiger partial charge in [0.2, 0.25) is 0 Å². The zero-order valence-corrected chi connectivity index (χ0v) is 23.4. The van der Waals surface area contributed by atoms with Gasteiger partial charge in [-0.25, -0.2) is 14.4 Å². The molecule has 1 aromatic carbocycles. The first kappa shape index (κ1) is 26.0. The number of fused-ring (bicyclic) bond motifs is 6. The van der Waals surface area contributed by atoms with Gasteiger partial charge in [0.05, 0.1) is 22.8 Å². The van der Waals surface area contributed by atoms with Gasteiger partial charge in [-0.3, -0.25) is 0 Å². The summed E-state index contributed by atoms with van der Waals surface area (Å²) in [5.41, 5.74) is 0.543. The van der Waals surface area contributed by atoms with Crippen molar-refractivity contribution in [3.63, 3.8) is 0 Å². The van der Waals surface area contributed by atoms with Crippen molar-refractivity contribution in [2.24, 2.45) is 45.8 Å². The largest absolute Gasteiger partial charge is 0.458 e. The Balaban J connectivity index is 1.24. The average Bonchev–Trinajstić information content (AvgIpc) is 3.35. The zero-order chi connectivity index (χ0) is 27.2. The standard InChI is InChI=1S/C32H42O6/c1-6-18-8-10-22-21-16-24(33)26-30(2,3)25(12-14-32(26,5)23(21)11-13-31(18,22)4)37-27(34)17-7-9-19-20(15-17)29(36)38-28(19)35/h7,9,15,18,21-26,33H,6,8,10-14,16H2,1-5H3. The van der Waals surface area contributed by atoms with Gasteiger partial charge in [-0.05, 0) is 104 Å². The lowest BCUT2D eigenvalue weighted by Gasteiger charge is -2.66. The summed E-state index contributed by atoms with van der Waals surface area (Å²) in [4.78, 5) is 37.0. The fourth-order valence-electron chi connectivity index (χ4n) is 10.6. The van der Waals surface area contributed by atoms with E-state index in [9.17, 15) is 19.5 Å². The van der Waals surface area contributed by atoms with E-state index in [2.05, 4.69) is 39.4 Å². The van der Waals surface area contributed by atoms with Crippen LogP contribution in [0.4, 0.5) is 0 Å². The quantitative estimate of drug-likeness (QED) is 0.376. The van der Waals surface area contributed by atoms with Gasteiger partial charge in [0.1, 0.15) is 6.10 Å². The van der Waals surface area contributed by atoms with Gasteiger partial charge < -0.3 is 14.6 Å². The Bertz CT molecular complexity index is 1190. The molecule has 1 heterocycles. The van der Waals surface area contributed by atoms with E-state index >= 15 is 0 Å². The third-order valence-electron chi connectivity index (χ3n) is 12.3. The Morgan fingerprint density at radius 1 is 0.974 bits per heavy atom. The molecule has 0 bridgehead atoms. The van der Waals surface area contributed by atoms with Crippen molar-refractivity contribution in [3.8, 4) is 0 Å². The summed E-state index contributed by atoms with van der Waals surface area (Å²) < 4.78 is 10.8. The van der Waals surface area contributed by atoms with Gasteiger partial charge in [0.25, 0.3) is 0 Å². The molecular formula is C32H42O6. The van der Waals surface area contributed by atoms with Crippen molar-refractivity contribution in [3.05, 3.63) is 34.9 Å². The van der Waals surface area contributed by atoms with Crippen molar-refractivity contribution >= 4 is 17.9 Å². The number of aliphatic hydroxyl groups is 1. The van der Waals surface area contributed by atoms with Gasteiger partial charge in [-0.1, -0.05) is 41.0 Å². The van der Waals surface area contributed by atoms with Crippen LogP contribution in [-0.2, 0) is 9.47 Å². The molecule has 9 atom stereocenters. The fourth-order valence-corrected chi connectivity index (χ4v) is 10.6. The third-order valence-corrected chi connectivity index (χ3v) is 12.3. The Morgan fingerprint density at radius 2 is 1.66 bits per heavy atom. The molecule has 0 radical (unpaired) electrons.